The molecule has 2 saturated carbocycles. The van der Waals surface area contributed by atoms with Gasteiger partial charge in [0.1, 0.15) is 5.69 Å². The highest BCUT2D eigenvalue weighted by molar-refractivity contribution is 6.02. The quantitative estimate of drug-likeness (QED) is 0.874. The summed E-state index contributed by atoms with van der Waals surface area (Å²) in [5.74, 6) is 2.32. The average Bonchev–Trinajstić information content (AvgIpc) is 3.33. The summed E-state index contributed by atoms with van der Waals surface area (Å²) in [6.45, 7) is 2.46. The molecule has 2 N–H and O–H groups in total. The number of fused-ring (bicyclic) bond motifs is 2. The van der Waals surface area contributed by atoms with Gasteiger partial charge in [0.05, 0.1) is 0 Å². The van der Waals surface area contributed by atoms with Gasteiger partial charge < -0.3 is 5.32 Å². The van der Waals surface area contributed by atoms with E-state index < -0.39 is 0 Å². The number of hydrogen-bond acceptors (Lipinski definition) is 4. The van der Waals surface area contributed by atoms with Crippen LogP contribution in [0, 0.1) is 11.8 Å². The van der Waals surface area contributed by atoms with Crippen molar-refractivity contribution >= 4 is 11.7 Å². The molecular weight excluding hydrogens is 318 g/mol. The zero-order chi connectivity index (χ0) is 17.4. The van der Waals surface area contributed by atoms with Crippen molar-refractivity contribution in [2.75, 3.05) is 5.32 Å². The van der Waals surface area contributed by atoms with Crippen molar-refractivity contribution in [2.24, 2.45) is 11.8 Å². The number of nitrogens with one attached hydrogen (secondary N) is 2. The van der Waals surface area contributed by atoms with Crippen molar-refractivity contribution in [1.82, 2.24) is 20.0 Å². The Balaban J connectivity index is 1.46. The van der Waals surface area contributed by atoms with Crippen molar-refractivity contribution < 1.29 is 4.79 Å². The predicted molar refractivity (Wildman–Crippen MR) is 93.5 cm³/mol. The Morgan fingerprint density at radius 3 is 2.96 bits per heavy atom. The molecule has 7 nitrogen and oxygen atoms in total. The van der Waals surface area contributed by atoms with Crippen LogP contribution in [0.5, 0.6) is 0 Å². The molecule has 7 heteroatoms. The van der Waals surface area contributed by atoms with Crippen molar-refractivity contribution in [2.45, 2.75) is 51.5 Å². The monoisotopic (exact) mass is 341 g/mol. The Morgan fingerprint density at radius 1 is 1.36 bits per heavy atom. The number of nitrogens with zero attached hydrogens (tertiary/aromatic N) is 3. The summed E-state index contributed by atoms with van der Waals surface area (Å²) in [5.41, 5.74) is 1.14. The van der Waals surface area contributed by atoms with Gasteiger partial charge in [-0.05, 0) is 43.6 Å². The van der Waals surface area contributed by atoms with Crippen LogP contribution < -0.4 is 10.9 Å². The minimum Gasteiger partial charge on any atom is -0.304 e. The largest absolute Gasteiger partial charge is 0.304 e. The lowest BCUT2D eigenvalue weighted by Gasteiger charge is -2.19. The molecule has 25 heavy (non-hydrogen) atoms. The van der Waals surface area contributed by atoms with Crippen LogP contribution in [0.3, 0.4) is 0 Å². The van der Waals surface area contributed by atoms with E-state index in [0.717, 1.165) is 24.0 Å². The van der Waals surface area contributed by atoms with Crippen LogP contribution in [0.4, 0.5) is 5.82 Å². The van der Waals surface area contributed by atoms with Gasteiger partial charge in [-0.25, -0.2) is 4.68 Å². The molecule has 2 bridgehead atoms. The van der Waals surface area contributed by atoms with Gasteiger partial charge in [-0.3, -0.25) is 14.7 Å². The zero-order valence-corrected chi connectivity index (χ0v) is 14.4. The van der Waals surface area contributed by atoms with Gasteiger partial charge in [0.15, 0.2) is 5.82 Å². The highest BCUT2D eigenvalue weighted by Gasteiger charge is 2.40. The minimum absolute atomic E-state index is 0.197. The second kappa shape index (κ2) is 6.46. The molecular formula is C18H23N5O2. The molecule has 132 valence electrons. The molecule has 2 heterocycles. The first-order valence-electron chi connectivity index (χ1n) is 9.09. The van der Waals surface area contributed by atoms with E-state index in [-0.39, 0.29) is 17.2 Å². The highest BCUT2D eigenvalue weighted by atomic mass is 16.2. The summed E-state index contributed by atoms with van der Waals surface area (Å²) in [6, 6.07) is 4.77. The molecule has 2 aliphatic rings. The minimum atomic E-state index is -0.351. The number of anilines is 1. The fourth-order valence-corrected chi connectivity index (χ4v) is 4.34. The maximum atomic E-state index is 12.4. The maximum Gasteiger partial charge on any atom is 0.277 e. The number of hydrogen-bond donors (Lipinski definition) is 2. The van der Waals surface area contributed by atoms with Crippen LogP contribution in [0.25, 0.3) is 0 Å². The molecule has 2 aromatic rings. The smallest absolute Gasteiger partial charge is 0.277 e. The fourth-order valence-electron chi connectivity index (χ4n) is 4.34. The number of aromatic amines is 1. The number of carbonyl (C=O) groups excluding carboxylic acids is 1. The molecule has 4 rings (SSSR count). The molecule has 0 radical (unpaired) electrons. The Kier molecular flexibility index (Phi) is 4.15. The van der Waals surface area contributed by atoms with Crippen LogP contribution in [-0.4, -0.2) is 25.9 Å². The van der Waals surface area contributed by atoms with E-state index in [4.69, 9.17) is 0 Å². The van der Waals surface area contributed by atoms with Gasteiger partial charge in [-0.1, -0.05) is 13.3 Å². The third kappa shape index (κ3) is 3.10. The molecule has 1 amide bonds. The molecule has 2 fully saturated rings. The molecule has 0 aromatic carbocycles. The van der Waals surface area contributed by atoms with E-state index in [2.05, 4.69) is 20.6 Å². The number of rotatable bonds is 5. The van der Waals surface area contributed by atoms with Crippen molar-refractivity contribution in [3.05, 3.63) is 39.9 Å². The van der Waals surface area contributed by atoms with E-state index in [0.29, 0.717) is 18.3 Å². The van der Waals surface area contributed by atoms with Gasteiger partial charge in [-0.2, -0.15) is 10.2 Å². The topological polar surface area (TPSA) is 92.7 Å². The van der Waals surface area contributed by atoms with Gasteiger partial charge >= 0.3 is 0 Å². The Labute approximate surface area is 145 Å². The summed E-state index contributed by atoms with van der Waals surface area (Å²) < 4.78 is 1.32. The standard InChI is InChI=1S/C18H23N5O2/c1-2-7-23-17(24)6-5-14(22-23)18(25)19-16-10-15(20-21-16)13-9-11-3-4-12(13)8-11/h5-6,10-13H,2-4,7-9H2,1H3,(H2,19,20,21,25)/t11-,12-,13+/m0/s1. The van der Waals surface area contributed by atoms with E-state index in [9.17, 15) is 9.59 Å². The van der Waals surface area contributed by atoms with Crippen molar-refractivity contribution in [1.29, 1.82) is 0 Å². The maximum absolute atomic E-state index is 12.4. The highest BCUT2D eigenvalue weighted by Crippen LogP contribution is 2.52. The zero-order valence-electron chi connectivity index (χ0n) is 14.4. The number of carbonyl (C=O) groups is 1. The third-order valence-corrected chi connectivity index (χ3v) is 5.51. The molecule has 2 aliphatic carbocycles. The molecule has 0 unspecified atom stereocenters. The van der Waals surface area contributed by atoms with Gasteiger partial charge in [0, 0.05) is 30.3 Å². The predicted octanol–water partition coefficient (Wildman–Crippen LogP) is 2.53. The average molecular weight is 341 g/mol. The summed E-state index contributed by atoms with van der Waals surface area (Å²) in [4.78, 5) is 24.1. The van der Waals surface area contributed by atoms with E-state index in [1.165, 1.54) is 42.5 Å². The summed E-state index contributed by atoms with van der Waals surface area (Å²) >= 11 is 0. The van der Waals surface area contributed by atoms with Crippen LogP contribution in [0.15, 0.2) is 23.0 Å². The van der Waals surface area contributed by atoms with Crippen LogP contribution in [-0.2, 0) is 6.54 Å². The van der Waals surface area contributed by atoms with Crippen molar-refractivity contribution in [3.8, 4) is 0 Å². The van der Waals surface area contributed by atoms with Gasteiger partial charge in [0.2, 0.25) is 0 Å². The SMILES string of the molecule is CCCn1nc(C(=O)Nc2cc([C@@H]3C[C@H]4CC[C@H]3C4)[nH]n2)ccc1=O. The van der Waals surface area contributed by atoms with E-state index >= 15 is 0 Å². The normalized spacial score (nSPS) is 24.6. The lowest BCUT2D eigenvalue weighted by atomic mass is 9.86. The lowest BCUT2D eigenvalue weighted by Crippen LogP contribution is -2.26. The number of aromatic nitrogens is 4. The molecule has 3 atom stereocenters. The second-order valence-electron chi connectivity index (χ2n) is 7.22. The molecule has 0 aliphatic heterocycles. The number of H-pyrrole nitrogens is 1. The summed E-state index contributed by atoms with van der Waals surface area (Å²) in [6.07, 6.45) is 6.00. The van der Waals surface area contributed by atoms with E-state index in [1.54, 1.807) is 0 Å². The second-order valence-corrected chi connectivity index (χ2v) is 7.22. The fraction of sp³-hybridized carbons (Fsp3) is 0.556. The van der Waals surface area contributed by atoms with Crippen LogP contribution in [0.1, 0.15) is 61.1 Å². The summed E-state index contributed by atoms with van der Waals surface area (Å²) in [7, 11) is 0. The molecule has 2 aromatic heterocycles. The lowest BCUT2D eigenvalue weighted by molar-refractivity contribution is 0.101. The van der Waals surface area contributed by atoms with Gasteiger partial charge in [0.25, 0.3) is 11.5 Å². The van der Waals surface area contributed by atoms with Crippen LogP contribution in [0.2, 0.25) is 0 Å². The third-order valence-electron chi connectivity index (χ3n) is 5.51. The van der Waals surface area contributed by atoms with E-state index in [1.807, 2.05) is 13.0 Å². The van der Waals surface area contributed by atoms with Gasteiger partial charge in [-0.15, -0.1) is 0 Å². The Morgan fingerprint density at radius 2 is 2.24 bits per heavy atom. The first kappa shape index (κ1) is 16.1. The molecule has 0 saturated heterocycles. The Hall–Kier alpha value is -2.44. The molecule has 0 spiro atoms. The number of aryl methyl sites for hydroxylation is 1. The Bertz CT molecular complexity index is 840. The first-order valence-corrected chi connectivity index (χ1v) is 9.09. The first-order chi connectivity index (χ1) is 12.1. The summed E-state index contributed by atoms with van der Waals surface area (Å²) in [5, 5.41) is 14.2. The van der Waals surface area contributed by atoms with Crippen molar-refractivity contribution in [3.63, 3.8) is 0 Å². The van der Waals surface area contributed by atoms with Crippen LogP contribution >= 0.6 is 0 Å². The number of amides is 1.